The molecule has 0 aliphatic carbocycles. The first kappa shape index (κ1) is 16.7. The second-order valence-corrected chi connectivity index (χ2v) is 6.54. The molecule has 0 radical (unpaired) electrons. The SMILES string of the molecule is CC(C)OCCCNCCN1CCN(c2nccs2)CC1. The van der Waals surface area contributed by atoms with Gasteiger partial charge in [0.1, 0.15) is 0 Å². The maximum Gasteiger partial charge on any atom is 0.185 e. The van der Waals surface area contributed by atoms with Crippen LogP contribution in [0, 0.1) is 0 Å². The average molecular weight is 312 g/mol. The van der Waals surface area contributed by atoms with Crippen molar-refractivity contribution < 1.29 is 4.74 Å². The molecule has 0 saturated carbocycles. The zero-order valence-electron chi connectivity index (χ0n) is 13.3. The van der Waals surface area contributed by atoms with E-state index in [-0.39, 0.29) is 0 Å². The number of hydrogen-bond acceptors (Lipinski definition) is 6. The maximum atomic E-state index is 5.52. The van der Waals surface area contributed by atoms with Crippen LogP contribution in [0.5, 0.6) is 0 Å². The van der Waals surface area contributed by atoms with Gasteiger partial charge in [-0.3, -0.25) is 4.90 Å². The molecule has 1 aliphatic heterocycles. The van der Waals surface area contributed by atoms with E-state index in [1.807, 2.05) is 6.20 Å². The first-order chi connectivity index (χ1) is 10.3. The van der Waals surface area contributed by atoms with Crippen molar-refractivity contribution in [1.82, 2.24) is 15.2 Å². The first-order valence-electron chi connectivity index (χ1n) is 7.95. The number of rotatable bonds is 9. The minimum absolute atomic E-state index is 0.346. The summed E-state index contributed by atoms with van der Waals surface area (Å²) in [5, 5.41) is 6.71. The van der Waals surface area contributed by atoms with Crippen molar-refractivity contribution in [3.8, 4) is 0 Å². The van der Waals surface area contributed by atoms with E-state index >= 15 is 0 Å². The van der Waals surface area contributed by atoms with Crippen LogP contribution in [-0.2, 0) is 4.74 Å². The molecular formula is C15H28N4OS. The quantitative estimate of drug-likeness (QED) is 0.703. The number of thiazole rings is 1. The largest absolute Gasteiger partial charge is 0.379 e. The van der Waals surface area contributed by atoms with E-state index in [9.17, 15) is 0 Å². The lowest BCUT2D eigenvalue weighted by atomic mass is 10.3. The second kappa shape index (κ2) is 9.35. The number of aromatic nitrogens is 1. The fraction of sp³-hybridized carbons (Fsp3) is 0.800. The number of anilines is 1. The molecule has 0 bridgehead atoms. The van der Waals surface area contributed by atoms with Gasteiger partial charge in [0.25, 0.3) is 0 Å². The van der Waals surface area contributed by atoms with Gasteiger partial charge in [-0.1, -0.05) is 0 Å². The molecule has 0 amide bonds. The predicted molar refractivity (Wildman–Crippen MR) is 89.3 cm³/mol. The van der Waals surface area contributed by atoms with Crippen molar-refractivity contribution in [2.75, 3.05) is 57.3 Å². The summed E-state index contributed by atoms with van der Waals surface area (Å²) in [7, 11) is 0. The van der Waals surface area contributed by atoms with Crippen LogP contribution < -0.4 is 10.2 Å². The Hall–Kier alpha value is -0.690. The summed E-state index contributed by atoms with van der Waals surface area (Å²) in [6, 6.07) is 0. The maximum absolute atomic E-state index is 5.52. The standard InChI is InChI=1S/C15H28N4OS/c1-14(2)20-12-3-4-16-5-7-18-8-10-19(11-9-18)15-17-6-13-21-15/h6,13-14,16H,3-5,7-12H2,1-2H3. The average Bonchev–Trinajstić information content (AvgIpc) is 3.01. The Bertz CT molecular complexity index is 364. The van der Waals surface area contributed by atoms with E-state index < -0.39 is 0 Å². The van der Waals surface area contributed by atoms with E-state index in [2.05, 4.69) is 39.3 Å². The normalized spacial score (nSPS) is 16.8. The molecule has 1 aromatic heterocycles. The Morgan fingerprint density at radius 3 is 2.76 bits per heavy atom. The molecule has 1 N–H and O–H groups in total. The van der Waals surface area contributed by atoms with Gasteiger partial charge in [-0.25, -0.2) is 4.98 Å². The Morgan fingerprint density at radius 1 is 1.29 bits per heavy atom. The smallest absolute Gasteiger partial charge is 0.185 e. The molecule has 2 heterocycles. The lowest BCUT2D eigenvalue weighted by Crippen LogP contribution is -2.48. The topological polar surface area (TPSA) is 40.6 Å². The predicted octanol–water partition coefficient (Wildman–Crippen LogP) is 1.67. The van der Waals surface area contributed by atoms with Crippen LogP contribution in [0.15, 0.2) is 11.6 Å². The van der Waals surface area contributed by atoms with Crippen LogP contribution in [-0.4, -0.2) is 68.4 Å². The van der Waals surface area contributed by atoms with Crippen molar-refractivity contribution in [3.05, 3.63) is 11.6 Å². The van der Waals surface area contributed by atoms with Crippen molar-refractivity contribution in [2.24, 2.45) is 0 Å². The molecule has 5 nitrogen and oxygen atoms in total. The van der Waals surface area contributed by atoms with Gasteiger partial charge in [-0.2, -0.15) is 0 Å². The third-order valence-corrected chi connectivity index (χ3v) is 4.45. The highest BCUT2D eigenvalue weighted by molar-refractivity contribution is 7.13. The summed E-state index contributed by atoms with van der Waals surface area (Å²) in [6.45, 7) is 12.7. The van der Waals surface area contributed by atoms with E-state index in [0.717, 1.165) is 64.0 Å². The molecule has 1 fully saturated rings. The molecule has 1 aromatic rings. The summed E-state index contributed by atoms with van der Waals surface area (Å²) in [5.41, 5.74) is 0. The molecular weight excluding hydrogens is 284 g/mol. The van der Waals surface area contributed by atoms with Gasteiger partial charge in [0.15, 0.2) is 5.13 Å². The Kier molecular flexibility index (Phi) is 7.43. The Balaban J connectivity index is 1.48. The monoisotopic (exact) mass is 312 g/mol. The summed E-state index contributed by atoms with van der Waals surface area (Å²) in [6.07, 6.45) is 3.33. The van der Waals surface area contributed by atoms with Crippen molar-refractivity contribution in [3.63, 3.8) is 0 Å². The lowest BCUT2D eigenvalue weighted by Gasteiger charge is -2.34. The van der Waals surface area contributed by atoms with E-state index in [1.54, 1.807) is 11.3 Å². The van der Waals surface area contributed by atoms with Gasteiger partial charge in [-0.05, 0) is 26.8 Å². The molecule has 0 unspecified atom stereocenters. The summed E-state index contributed by atoms with van der Waals surface area (Å²) < 4.78 is 5.52. The number of ether oxygens (including phenoxy) is 1. The van der Waals surface area contributed by atoms with Crippen LogP contribution >= 0.6 is 11.3 Å². The highest BCUT2D eigenvalue weighted by Crippen LogP contribution is 2.18. The lowest BCUT2D eigenvalue weighted by molar-refractivity contribution is 0.0770. The molecule has 21 heavy (non-hydrogen) atoms. The number of nitrogens with one attached hydrogen (secondary N) is 1. The first-order valence-corrected chi connectivity index (χ1v) is 8.83. The third kappa shape index (κ3) is 6.30. The summed E-state index contributed by atoms with van der Waals surface area (Å²) in [4.78, 5) is 9.30. The van der Waals surface area contributed by atoms with E-state index in [0.29, 0.717) is 6.10 Å². The van der Waals surface area contributed by atoms with Crippen LogP contribution in [0.4, 0.5) is 5.13 Å². The van der Waals surface area contributed by atoms with Gasteiger partial charge < -0.3 is 15.0 Å². The van der Waals surface area contributed by atoms with Gasteiger partial charge in [-0.15, -0.1) is 11.3 Å². The molecule has 0 atom stereocenters. The minimum Gasteiger partial charge on any atom is -0.379 e. The minimum atomic E-state index is 0.346. The molecule has 1 saturated heterocycles. The van der Waals surface area contributed by atoms with Crippen LogP contribution in [0.1, 0.15) is 20.3 Å². The highest BCUT2D eigenvalue weighted by Gasteiger charge is 2.17. The van der Waals surface area contributed by atoms with Crippen LogP contribution in [0.2, 0.25) is 0 Å². The Morgan fingerprint density at radius 2 is 2.10 bits per heavy atom. The highest BCUT2D eigenvalue weighted by atomic mass is 32.1. The van der Waals surface area contributed by atoms with Crippen LogP contribution in [0.3, 0.4) is 0 Å². The van der Waals surface area contributed by atoms with Crippen molar-refractivity contribution in [2.45, 2.75) is 26.4 Å². The van der Waals surface area contributed by atoms with Gasteiger partial charge in [0.2, 0.25) is 0 Å². The zero-order chi connectivity index (χ0) is 14.9. The molecule has 1 aliphatic rings. The molecule has 0 spiro atoms. The fourth-order valence-electron chi connectivity index (χ4n) is 2.41. The second-order valence-electron chi connectivity index (χ2n) is 5.67. The zero-order valence-corrected chi connectivity index (χ0v) is 14.1. The Labute approximate surface area is 132 Å². The van der Waals surface area contributed by atoms with Gasteiger partial charge in [0, 0.05) is 57.5 Å². The molecule has 120 valence electrons. The molecule has 6 heteroatoms. The van der Waals surface area contributed by atoms with Gasteiger partial charge >= 0.3 is 0 Å². The number of hydrogen-bond donors (Lipinski definition) is 1. The van der Waals surface area contributed by atoms with Crippen molar-refractivity contribution in [1.29, 1.82) is 0 Å². The van der Waals surface area contributed by atoms with Gasteiger partial charge in [0.05, 0.1) is 6.10 Å². The third-order valence-electron chi connectivity index (χ3n) is 3.62. The number of piperazine rings is 1. The molecule has 2 rings (SSSR count). The van der Waals surface area contributed by atoms with E-state index in [4.69, 9.17) is 4.74 Å². The summed E-state index contributed by atoms with van der Waals surface area (Å²) in [5.74, 6) is 0. The summed E-state index contributed by atoms with van der Waals surface area (Å²) >= 11 is 1.73. The fourth-order valence-corrected chi connectivity index (χ4v) is 3.11. The molecule has 0 aromatic carbocycles. The van der Waals surface area contributed by atoms with E-state index in [1.165, 1.54) is 0 Å². The number of nitrogens with zero attached hydrogens (tertiary/aromatic N) is 3. The van der Waals surface area contributed by atoms with Crippen LogP contribution in [0.25, 0.3) is 0 Å². The van der Waals surface area contributed by atoms with Crippen molar-refractivity contribution >= 4 is 16.5 Å².